The molecule has 1 atom stereocenters. The molecule has 0 spiro atoms. The summed E-state index contributed by atoms with van der Waals surface area (Å²) >= 11 is 0. The molecular formula is C16H16N2O2. The lowest BCUT2D eigenvalue weighted by Crippen LogP contribution is -2.24. The molecule has 1 amide bonds. The van der Waals surface area contributed by atoms with E-state index in [4.69, 9.17) is 4.42 Å². The Labute approximate surface area is 117 Å². The minimum absolute atomic E-state index is 0.0486. The Kier molecular flexibility index (Phi) is 3.14. The van der Waals surface area contributed by atoms with E-state index in [1.807, 2.05) is 37.3 Å². The highest BCUT2D eigenvalue weighted by Gasteiger charge is 2.32. The third-order valence-electron chi connectivity index (χ3n) is 3.47. The molecule has 0 saturated heterocycles. The molecule has 0 saturated carbocycles. The van der Waals surface area contributed by atoms with Crippen LogP contribution in [0.5, 0.6) is 0 Å². The van der Waals surface area contributed by atoms with Gasteiger partial charge in [0.25, 0.3) is 0 Å². The first-order valence-electron chi connectivity index (χ1n) is 6.63. The maximum atomic E-state index is 11.8. The lowest BCUT2D eigenvalue weighted by molar-refractivity contribution is -0.130. The number of hydrogen-bond acceptors (Lipinski definition) is 3. The van der Waals surface area contributed by atoms with E-state index in [1.54, 1.807) is 11.3 Å². The van der Waals surface area contributed by atoms with Gasteiger partial charge in [0.1, 0.15) is 11.5 Å². The van der Waals surface area contributed by atoms with Crippen LogP contribution in [0.25, 0.3) is 0 Å². The van der Waals surface area contributed by atoms with Gasteiger partial charge in [-0.15, -0.1) is 0 Å². The highest BCUT2D eigenvalue weighted by atomic mass is 16.3. The summed E-state index contributed by atoms with van der Waals surface area (Å²) in [6, 6.07) is 11.8. The van der Waals surface area contributed by atoms with Gasteiger partial charge in [0.15, 0.2) is 0 Å². The molecule has 0 radical (unpaired) electrons. The monoisotopic (exact) mass is 268 g/mol. The summed E-state index contributed by atoms with van der Waals surface area (Å²) in [6.07, 6.45) is 2.30. The number of carbonyl (C=O) groups excluding carboxylic acids is 1. The van der Waals surface area contributed by atoms with Crippen molar-refractivity contribution in [1.29, 1.82) is 0 Å². The molecule has 1 aromatic heterocycles. The average molecular weight is 268 g/mol. The van der Waals surface area contributed by atoms with Crippen LogP contribution in [-0.4, -0.2) is 16.6 Å². The van der Waals surface area contributed by atoms with Gasteiger partial charge >= 0.3 is 0 Å². The number of nitrogens with zero attached hydrogens (tertiary/aromatic N) is 2. The molecule has 4 heteroatoms. The second kappa shape index (κ2) is 4.96. The molecule has 2 aromatic rings. The van der Waals surface area contributed by atoms with Crippen LogP contribution < -0.4 is 0 Å². The molecule has 0 fully saturated rings. The maximum Gasteiger partial charge on any atom is 0.240 e. The molecule has 0 bridgehead atoms. The topological polar surface area (TPSA) is 45.8 Å². The van der Waals surface area contributed by atoms with Gasteiger partial charge in [-0.05, 0) is 24.6 Å². The van der Waals surface area contributed by atoms with E-state index in [9.17, 15) is 4.79 Å². The van der Waals surface area contributed by atoms with Crippen molar-refractivity contribution in [1.82, 2.24) is 5.01 Å². The molecule has 3 rings (SSSR count). The fraction of sp³-hybridized carbons (Fsp3) is 0.250. The zero-order valence-electron chi connectivity index (χ0n) is 11.5. The predicted octanol–water partition coefficient (Wildman–Crippen LogP) is 3.29. The summed E-state index contributed by atoms with van der Waals surface area (Å²) in [6.45, 7) is 3.59. The first kappa shape index (κ1) is 12.7. The third kappa shape index (κ3) is 2.25. The Morgan fingerprint density at radius 2 is 2.20 bits per heavy atom. The first-order valence-corrected chi connectivity index (χ1v) is 6.63. The van der Waals surface area contributed by atoms with E-state index in [0.717, 1.165) is 17.0 Å². The molecule has 4 nitrogen and oxygen atoms in total. The number of hydrogen-bond donors (Lipinski definition) is 0. The summed E-state index contributed by atoms with van der Waals surface area (Å²) in [5.74, 6) is 0.671. The van der Waals surface area contributed by atoms with Crippen LogP contribution in [0.3, 0.4) is 0 Å². The number of carbonyl (C=O) groups is 1. The number of furan rings is 1. The van der Waals surface area contributed by atoms with E-state index >= 15 is 0 Å². The van der Waals surface area contributed by atoms with Crippen molar-refractivity contribution in [3.05, 3.63) is 59.5 Å². The molecule has 1 aliphatic heterocycles. The summed E-state index contributed by atoms with van der Waals surface area (Å²) < 4.78 is 5.38. The lowest BCUT2D eigenvalue weighted by Gasteiger charge is -2.20. The van der Waals surface area contributed by atoms with Crippen molar-refractivity contribution in [3.8, 4) is 0 Å². The van der Waals surface area contributed by atoms with Gasteiger partial charge in [0, 0.05) is 13.3 Å². The summed E-state index contributed by atoms with van der Waals surface area (Å²) in [7, 11) is 0. The Bertz CT molecular complexity index is 659. The van der Waals surface area contributed by atoms with E-state index in [-0.39, 0.29) is 11.9 Å². The van der Waals surface area contributed by atoms with Crippen LogP contribution in [0.2, 0.25) is 0 Å². The second-order valence-electron chi connectivity index (χ2n) is 5.02. The quantitative estimate of drug-likeness (QED) is 0.839. The molecule has 0 N–H and O–H groups in total. The summed E-state index contributed by atoms with van der Waals surface area (Å²) in [5, 5.41) is 5.97. The van der Waals surface area contributed by atoms with Crippen LogP contribution in [0.15, 0.2) is 52.2 Å². The van der Waals surface area contributed by atoms with Crippen molar-refractivity contribution in [2.75, 3.05) is 0 Å². The van der Waals surface area contributed by atoms with Crippen LogP contribution in [0, 0.1) is 6.92 Å². The second-order valence-corrected chi connectivity index (χ2v) is 5.02. The smallest absolute Gasteiger partial charge is 0.240 e. The van der Waals surface area contributed by atoms with E-state index in [0.29, 0.717) is 6.42 Å². The van der Waals surface area contributed by atoms with E-state index in [2.05, 4.69) is 11.2 Å². The molecule has 2 heterocycles. The lowest BCUT2D eigenvalue weighted by atomic mass is 9.99. The van der Waals surface area contributed by atoms with Gasteiger partial charge in [-0.25, -0.2) is 5.01 Å². The van der Waals surface area contributed by atoms with E-state index < -0.39 is 0 Å². The molecular weight excluding hydrogens is 252 g/mol. The molecule has 1 aromatic carbocycles. The van der Waals surface area contributed by atoms with Crippen molar-refractivity contribution in [2.24, 2.45) is 5.10 Å². The van der Waals surface area contributed by atoms with Crippen LogP contribution >= 0.6 is 0 Å². The number of benzene rings is 1. The molecule has 102 valence electrons. The molecule has 1 aliphatic rings. The van der Waals surface area contributed by atoms with Crippen molar-refractivity contribution >= 4 is 11.6 Å². The minimum Gasteiger partial charge on any atom is -0.463 e. The van der Waals surface area contributed by atoms with Gasteiger partial charge in [-0.1, -0.05) is 29.8 Å². The third-order valence-corrected chi connectivity index (χ3v) is 3.47. The molecule has 20 heavy (non-hydrogen) atoms. The summed E-state index contributed by atoms with van der Waals surface area (Å²) in [4.78, 5) is 11.8. The molecule has 1 unspecified atom stereocenters. The zero-order valence-corrected chi connectivity index (χ0v) is 11.5. The summed E-state index contributed by atoms with van der Waals surface area (Å²) in [5.41, 5.74) is 3.10. The maximum absolute atomic E-state index is 11.8. The Balaban J connectivity index is 1.95. The Morgan fingerprint density at radius 3 is 2.85 bits per heavy atom. The van der Waals surface area contributed by atoms with Gasteiger partial charge in [0.05, 0.1) is 12.3 Å². The average Bonchev–Trinajstić information content (AvgIpc) is 3.08. The molecule has 0 aliphatic carbocycles. The van der Waals surface area contributed by atoms with E-state index in [1.165, 1.54) is 12.5 Å². The van der Waals surface area contributed by atoms with Gasteiger partial charge in [-0.2, -0.15) is 5.10 Å². The van der Waals surface area contributed by atoms with Crippen LogP contribution in [0.4, 0.5) is 0 Å². The van der Waals surface area contributed by atoms with Gasteiger partial charge in [-0.3, -0.25) is 4.79 Å². The number of aryl methyl sites for hydroxylation is 1. The Hall–Kier alpha value is -2.36. The fourth-order valence-electron chi connectivity index (χ4n) is 2.53. The van der Waals surface area contributed by atoms with Gasteiger partial charge < -0.3 is 4.42 Å². The van der Waals surface area contributed by atoms with Crippen LogP contribution in [0.1, 0.15) is 36.3 Å². The van der Waals surface area contributed by atoms with Crippen molar-refractivity contribution < 1.29 is 9.21 Å². The largest absolute Gasteiger partial charge is 0.463 e. The van der Waals surface area contributed by atoms with Crippen molar-refractivity contribution in [3.63, 3.8) is 0 Å². The normalized spacial score (nSPS) is 18.2. The highest BCUT2D eigenvalue weighted by Crippen LogP contribution is 2.33. The fourth-order valence-corrected chi connectivity index (χ4v) is 2.53. The standard InChI is InChI=1S/C16H16N2O2/c1-11-5-3-6-13(9-11)15-10-14(16-7-4-8-20-16)17-18(15)12(2)19/h3-9,15H,10H2,1-2H3. The predicted molar refractivity (Wildman–Crippen MR) is 76.3 cm³/mol. The van der Waals surface area contributed by atoms with Crippen LogP contribution in [-0.2, 0) is 4.79 Å². The zero-order chi connectivity index (χ0) is 14.1. The Morgan fingerprint density at radius 1 is 1.35 bits per heavy atom. The SMILES string of the molecule is CC(=O)N1N=C(c2ccco2)CC1c1cccc(C)c1. The first-order chi connectivity index (χ1) is 9.65. The highest BCUT2D eigenvalue weighted by molar-refractivity contribution is 6.00. The number of amides is 1. The van der Waals surface area contributed by atoms with Crippen molar-refractivity contribution in [2.45, 2.75) is 26.3 Å². The minimum atomic E-state index is -0.0573. The van der Waals surface area contributed by atoms with Gasteiger partial charge in [0.2, 0.25) is 5.91 Å². The number of hydrazone groups is 1. The number of rotatable bonds is 2.